The molecule has 0 radical (unpaired) electrons. The van der Waals surface area contributed by atoms with Crippen molar-refractivity contribution in [1.82, 2.24) is 30.0 Å². The number of pyridine rings is 1. The summed E-state index contributed by atoms with van der Waals surface area (Å²) in [6.45, 7) is 2.88. The Kier molecular flexibility index (Phi) is 5.57. The van der Waals surface area contributed by atoms with E-state index >= 15 is 0 Å². The molecule has 1 saturated carbocycles. The van der Waals surface area contributed by atoms with Crippen LogP contribution < -0.4 is 10.2 Å². The van der Waals surface area contributed by atoms with E-state index in [9.17, 15) is 0 Å². The van der Waals surface area contributed by atoms with Crippen molar-refractivity contribution in [3.63, 3.8) is 0 Å². The van der Waals surface area contributed by atoms with Gasteiger partial charge in [-0.15, -0.1) is 0 Å². The van der Waals surface area contributed by atoms with Crippen LogP contribution in [0.2, 0.25) is 0 Å². The summed E-state index contributed by atoms with van der Waals surface area (Å²) in [6, 6.07) is 3.96. The first-order valence-corrected chi connectivity index (χ1v) is 12.3. The van der Waals surface area contributed by atoms with E-state index in [-0.39, 0.29) is 12.1 Å². The van der Waals surface area contributed by atoms with Crippen molar-refractivity contribution >= 4 is 5.84 Å². The highest BCUT2D eigenvalue weighted by atomic mass is 16.5. The molecule has 5 heterocycles. The molecule has 0 bridgehead atoms. The maximum absolute atomic E-state index is 6.34. The predicted octanol–water partition coefficient (Wildman–Crippen LogP) is 4.09. The molecule has 1 saturated heterocycles. The van der Waals surface area contributed by atoms with Crippen LogP contribution in [0.3, 0.4) is 0 Å². The normalized spacial score (nSPS) is 23.4. The summed E-state index contributed by atoms with van der Waals surface area (Å²) in [5.74, 6) is 3.81. The summed E-state index contributed by atoms with van der Waals surface area (Å²) >= 11 is 0. The van der Waals surface area contributed by atoms with Crippen molar-refractivity contribution in [2.75, 3.05) is 13.7 Å². The number of aryl methyl sites for hydroxylation is 1. The van der Waals surface area contributed by atoms with E-state index in [4.69, 9.17) is 24.1 Å². The Morgan fingerprint density at radius 1 is 1.09 bits per heavy atom. The maximum atomic E-state index is 6.34. The van der Waals surface area contributed by atoms with Gasteiger partial charge in [-0.25, -0.2) is 19.9 Å². The van der Waals surface area contributed by atoms with Crippen LogP contribution in [0.5, 0.6) is 5.88 Å². The van der Waals surface area contributed by atoms with Crippen LogP contribution >= 0.6 is 0 Å². The van der Waals surface area contributed by atoms with Gasteiger partial charge in [-0.05, 0) is 44.7 Å². The number of aliphatic imine (C=N–C) groups is 1. The van der Waals surface area contributed by atoms with E-state index in [2.05, 4.69) is 15.4 Å². The van der Waals surface area contributed by atoms with Crippen LogP contribution in [0, 0.1) is 6.92 Å². The number of nitrogens with one attached hydrogen (secondary N) is 1. The summed E-state index contributed by atoms with van der Waals surface area (Å²) in [4.78, 5) is 18.8. The molecule has 0 aromatic carbocycles. The second kappa shape index (κ2) is 8.87. The fourth-order valence-electron chi connectivity index (χ4n) is 5.45. The highest BCUT2D eigenvalue weighted by molar-refractivity contribution is 5.98. The highest BCUT2D eigenvalue weighted by Crippen LogP contribution is 2.38. The number of hydrazine groups is 1. The molecule has 0 amide bonds. The lowest BCUT2D eigenvalue weighted by Crippen LogP contribution is -2.47. The largest absolute Gasteiger partial charge is 0.479 e. The van der Waals surface area contributed by atoms with E-state index in [1.54, 1.807) is 13.4 Å². The Hall–Kier alpha value is -3.20. The molecule has 3 aliphatic rings. The minimum atomic E-state index is -0.0506. The fraction of sp³-hybridized carbons (Fsp3) is 0.520. The monoisotopic (exact) mass is 461 g/mol. The van der Waals surface area contributed by atoms with Crippen molar-refractivity contribution in [3.8, 4) is 11.6 Å². The standard InChI is InChI=1S/C25H31N7O2/c1-16-14-31(15-27-16)20-11-10-19(28-25(20)33-2)22-29-23-18(9-6-12-32(23)30-22)24-26-13-21(34-24)17-7-4-3-5-8-17/h10-11,13-15,17-18,23H,3-9,12H2,1-2H3,(H,29,30). The average molecular weight is 462 g/mol. The van der Waals surface area contributed by atoms with Crippen LogP contribution in [-0.2, 0) is 0 Å². The number of fused-ring (bicyclic) bond motifs is 1. The Labute approximate surface area is 199 Å². The summed E-state index contributed by atoms with van der Waals surface area (Å²) < 4.78 is 13.9. The number of amidine groups is 1. The van der Waals surface area contributed by atoms with Gasteiger partial charge >= 0.3 is 0 Å². The summed E-state index contributed by atoms with van der Waals surface area (Å²) in [5, 5.41) is 2.19. The van der Waals surface area contributed by atoms with Crippen molar-refractivity contribution < 1.29 is 9.15 Å². The van der Waals surface area contributed by atoms with Crippen molar-refractivity contribution in [2.24, 2.45) is 4.99 Å². The molecule has 9 nitrogen and oxygen atoms in total. The van der Waals surface area contributed by atoms with Gasteiger partial charge in [-0.1, -0.05) is 19.3 Å². The number of aromatic nitrogens is 4. The Morgan fingerprint density at radius 3 is 2.76 bits per heavy atom. The number of hydrogen-bond acceptors (Lipinski definition) is 8. The van der Waals surface area contributed by atoms with Gasteiger partial charge in [0.25, 0.3) is 0 Å². The molecule has 1 aliphatic carbocycles. The van der Waals surface area contributed by atoms with Gasteiger partial charge in [-0.3, -0.25) is 5.43 Å². The minimum absolute atomic E-state index is 0.0506. The number of hydrogen-bond donors (Lipinski definition) is 1. The lowest BCUT2D eigenvalue weighted by atomic mass is 9.88. The number of ether oxygens (including phenoxy) is 1. The second-order valence-electron chi connectivity index (χ2n) is 9.53. The van der Waals surface area contributed by atoms with E-state index in [1.165, 1.54) is 32.1 Å². The second-order valence-corrected chi connectivity index (χ2v) is 9.53. The number of nitrogens with zero attached hydrogens (tertiary/aromatic N) is 6. The van der Waals surface area contributed by atoms with Gasteiger partial charge in [0.1, 0.15) is 23.3 Å². The first kappa shape index (κ1) is 21.3. The van der Waals surface area contributed by atoms with Gasteiger partial charge in [0.2, 0.25) is 11.8 Å². The number of piperidine rings is 1. The van der Waals surface area contributed by atoms with Crippen molar-refractivity contribution in [1.29, 1.82) is 0 Å². The zero-order valence-electron chi connectivity index (χ0n) is 19.8. The zero-order valence-corrected chi connectivity index (χ0v) is 19.8. The SMILES string of the molecule is COc1nc(C2=NC3C(c4ncc(C5CCCCC5)o4)CCCN3N2)ccc1-n1cnc(C)c1. The molecule has 1 N–H and O–H groups in total. The van der Waals surface area contributed by atoms with Gasteiger partial charge in [-0.2, -0.15) is 5.01 Å². The highest BCUT2D eigenvalue weighted by Gasteiger charge is 2.40. The van der Waals surface area contributed by atoms with E-state index in [0.29, 0.717) is 11.8 Å². The molecule has 34 heavy (non-hydrogen) atoms. The maximum Gasteiger partial charge on any atom is 0.238 e. The molecular weight excluding hydrogens is 430 g/mol. The van der Waals surface area contributed by atoms with E-state index < -0.39 is 0 Å². The van der Waals surface area contributed by atoms with E-state index in [0.717, 1.165) is 53.9 Å². The average Bonchev–Trinajstić information content (AvgIpc) is 3.63. The third-order valence-electron chi connectivity index (χ3n) is 7.24. The van der Waals surface area contributed by atoms with Crippen LogP contribution in [0.4, 0.5) is 0 Å². The van der Waals surface area contributed by atoms with Gasteiger partial charge in [0, 0.05) is 18.7 Å². The molecule has 3 aromatic rings. The Balaban J connectivity index is 1.26. The van der Waals surface area contributed by atoms with Crippen molar-refractivity contribution in [3.05, 3.63) is 53.9 Å². The van der Waals surface area contributed by atoms with Gasteiger partial charge in [0.05, 0.1) is 31.2 Å². The van der Waals surface area contributed by atoms with Gasteiger partial charge in [0.15, 0.2) is 5.84 Å². The van der Waals surface area contributed by atoms with Gasteiger partial charge < -0.3 is 13.7 Å². The number of rotatable bonds is 5. The minimum Gasteiger partial charge on any atom is -0.479 e. The molecular formula is C25H31N7O2. The smallest absolute Gasteiger partial charge is 0.238 e. The number of imidazole rings is 1. The summed E-state index contributed by atoms with van der Waals surface area (Å²) in [5.41, 5.74) is 6.00. The number of oxazole rings is 1. The van der Waals surface area contributed by atoms with Crippen LogP contribution in [-0.4, -0.2) is 50.2 Å². The molecule has 6 rings (SSSR count). The third kappa shape index (κ3) is 3.87. The zero-order chi connectivity index (χ0) is 23.1. The molecule has 2 unspecified atom stereocenters. The molecule has 9 heteroatoms. The van der Waals surface area contributed by atoms with Crippen LogP contribution in [0.1, 0.15) is 79.8 Å². The molecule has 178 valence electrons. The summed E-state index contributed by atoms with van der Waals surface area (Å²) in [7, 11) is 1.63. The first-order valence-electron chi connectivity index (χ1n) is 12.3. The number of methoxy groups -OCH3 is 1. The molecule has 2 aliphatic heterocycles. The molecule has 0 spiro atoms. The third-order valence-corrected chi connectivity index (χ3v) is 7.24. The van der Waals surface area contributed by atoms with E-state index in [1.807, 2.05) is 36.0 Å². The quantitative estimate of drug-likeness (QED) is 0.612. The fourth-order valence-corrected chi connectivity index (χ4v) is 5.45. The Morgan fingerprint density at radius 2 is 1.97 bits per heavy atom. The predicted molar refractivity (Wildman–Crippen MR) is 127 cm³/mol. The Bertz CT molecular complexity index is 1190. The van der Waals surface area contributed by atoms with Crippen LogP contribution in [0.15, 0.2) is 40.3 Å². The summed E-state index contributed by atoms with van der Waals surface area (Å²) in [6.07, 6.45) is 14.0. The molecule has 2 atom stereocenters. The lowest BCUT2D eigenvalue weighted by molar-refractivity contribution is 0.111. The lowest BCUT2D eigenvalue weighted by Gasteiger charge is -2.32. The van der Waals surface area contributed by atoms with Crippen LogP contribution in [0.25, 0.3) is 5.69 Å². The molecule has 2 fully saturated rings. The molecule has 3 aromatic heterocycles. The van der Waals surface area contributed by atoms with Crippen molar-refractivity contribution in [2.45, 2.75) is 69.9 Å². The topological polar surface area (TPSA) is 93.6 Å². The first-order chi connectivity index (χ1) is 16.7.